The first kappa shape index (κ1) is 19.7. The van der Waals surface area contributed by atoms with E-state index >= 15 is 0 Å². The van der Waals surface area contributed by atoms with Crippen molar-refractivity contribution in [1.82, 2.24) is 4.90 Å². The molecule has 24 heavy (non-hydrogen) atoms. The summed E-state index contributed by atoms with van der Waals surface area (Å²) in [6, 6.07) is 10.1. The average molecular weight is 329 g/mol. The largest absolute Gasteiger partial charge is 0.469 e. The molecule has 130 valence electrons. The van der Waals surface area contributed by atoms with Crippen LogP contribution in [-0.4, -0.2) is 37.0 Å². The number of hydrogen-bond acceptors (Lipinski definition) is 3. The van der Waals surface area contributed by atoms with Crippen LogP contribution in [-0.2, 0) is 20.7 Å². The van der Waals surface area contributed by atoms with E-state index in [0.29, 0.717) is 37.9 Å². The van der Waals surface area contributed by atoms with Crippen LogP contribution in [0.5, 0.6) is 0 Å². The normalized spacial score (nSPS) is 10.0. The van der Waals surface area contributed by atoms with Gasteiger partial charge in [0.05, 0.1) is 7.11 Å². The van der Waals surface area contributed by atoms with Gasteiger partial charge in [0.1, 0.15) is 0 Å². The first-order chi connectivity index (χ1) is 11.6. The molecule has 4 heteroatoms. The van der Waals surface area contributed by atoms with Crippen molar-refractivity contribution in [2.45, 2.75) is 32.1 Å². The topological polar surface area (TPSA) is 46.6 Å². The van der Waals surface area contributed by atoms with Gasteiger partial charge in [-0.05, 0) is 31.2 Å². The number of benzene rings is 1. The van der Waals surface area contributed by atoms with E-state index in [2.05, 4.69) is 30.0 Å². The van der Waals surface area contributed by atoms with Gasteiger partial charge in [-0.25, -0.2) is 0 Å². The summed E-state index contributed by atoms with van der Waals surface area (Å²) in [7, 11) is 1.36. The maximum atomic E-state index is 12.6. The van der Waals surface area contributed by atoms with Gasteiger partial charge in [0.2, 0.25) is 5.91 Å². The number of esters is 1. The molecule has 0 spiro atoms. The summed E-state index contributed by atoms with van der Waals surface area (Å²) in [5.41, 5.74) is 1.74. The first-order valence-corrected chi connectivity index (χ1v) is 8.27. The Balaban J connectivity index is 2.54. The van der Waals surface area contributed by atoms with E-state index in [-0.39, 0.29) is 11.9 Å². The minimum atomic E-state index is -0.261. The van der Waals surface area contributed by atoms with E-state index in [1.165, 1.54) is 12.7 Å². The summed E-state index contributed by atoms with van der Waals surface area (Å²) in [4.78, 5) is 25.5. The molecule has 0 fully saturated rings. The zero-order valence-electron chi connectivity index (χ0n) is 14.5. The molecule has 4 nitrogen and oxygen atoms in total. The third-order valence-corrected chi connectivity index (χ3v) is 3.79. The highest BCUT2D eigenvalue weighted by Crippen LogP contribution is 2.12. The molecule has 0 aliphatic carbocycles. The standard InChI is InChI=1S/C20H27NO3/c1-4-5-15-21(16-14-18-11-7-6-8-12-18)20(23)17(2)10-9-13-19(22)24-3/h4,6-8,11-12H,1-2,5,9-10,13-16H2,3H3. The quantitative estimate of drug-likeness (QED) is 0.354. The molecule has 0 aliphatic rings. The number of hydrogen-bond donors (Lipinski definition) is 0. The van der Waals surface area contributed by atoms with Crippen molar-refractivity contribution in [1.29, 1.82) is 0 Å². The summed E-state index contributed by atoms with van der Waals surface area (Å²) in [5, 5.41) is 0. The van der Waals surface area contributed by atoms with Gasteiger partial charge < -0.3 is 9.64 Å². The molecule has 1 aromatic carbocycles. The first-order valence-electron chi connectivity index (χ1n) is 8.27. The summed E-state index contributed by atoms with van der Waals surface area (Å²) in [6.45, 7) is 8.89. The molecule has 0 saturated heterocycles. The van der Waals surface area contributed by atoms with Gasteiger partial charge in [-0.2, -0.15) is 0 Å². The Bertz CT molecular complexity index is 551. The minimum absolute atomic E-state index is 0.0438. The number of nitrogens with zero attached hydrogens (tertiary/aromatic N) is 1. The van der Waals surface area contributed by atoms with E-state index in [9.17, 15) is 9.59 Å². The van der Waals surface area contributed by atoms with Crippen LogP contribution in [0.3, 0.4) is 0 Å². The summed E-state index contributed by atoms with van der Waals surface area (Å²) in [6.07, 6.45) is 4.74. The number of carbonyl (C=O) groups is 2. The van der Waals surface area contributed by atoms with Gasteiger partial charge in [0, 0.05) is 25.1 Å². The molecule has 0 aliphatic heterocycles. The number of amides is 1. The Morgan fingerprint density at radius 3 is 2.50 bits per heavy atom. The van der Waals surface area contributed by atoms with Crippen molar-refractivity contribution in [2.24, 2.45) is 0 Å². The molecule has 1 amide bonds. The van der Waals surface area contributed by atoms with Crippen LogP contribution < -0.4 is 0 Å². The Labute approximate surface area is 144 Å². The third kappa shape index (κ3) is 7.27. The maximum Gasteiger partial charge on any atom is 0.305 e. The fourth-order valence-corrected chi connectivity index (χ4v) is 2.35. The molecule has 0 unspecified atom stereocenters. The molecule has 0 N–H and O–H groups in total. The predicted molar refractivity (Wildman–Crippen MR) is 96.5 cm³/mol. The molecule has 1 rings (SSSR count). The zero-order chi connectivity index (χ0) is 17.8. The smallest absolute Gasteiger partial charge is 0.305 e. The second-order valence-electron chi connectivity index (χ2n) is 5.64. The van der Waals surface area contributed by atoms with Gasteiger partial charge in [-0.15, -0.1) is 6.58 Å². The summed E-state index contributed by atoms with van der Waals surface area (Å²) < 4.78 is 4.61. The predicted octanol–water partition coefficient (Wildman–Crippen LogP) is 3.53. The van der Waals surface area contributed by atoms with E-state index < -0.39 is 0 Å². The second-order valence-corrected chi connectivity index (χ2v) is 5.64. The molecule has 0 saturated carbocycles. The molecule has 1 aromatic rings. The van der Waals surface area contributed by atoms with E-state index in [1.807, 2.05) is 29.2 Å². The Hall–Kier alpha value is -2.36. The van der Waals surface area contributed by atoms with Crippen LogP contribution in [0.15, 0.2) is 55.1 Å². The number of ether oxygens (including phenoxy) is 1. The van der Waals surface area contributed by atoms with E-state index in [1.54, 1.807) is 0 Å². The van der Waals surface area contributed by atoms with Crippen molar-refractivity contribution in [2.75, 3.05) is 20.2 Å². The van der Waals surface area contributed by atoms with Gasteiger partial charge in [0.25, 0.3) is 0 Å². The highest BCUT2D eigenvalue weighted by molar-refractivity contribution is 5.92. The lowest BCUT2D eigenvalue weighted by Gasteiger charge is -2.23. The molecule has 0 atom stereocenters. The molecule has 0 heterocycles. The van der Waals surface area contributed by atoms with Crippen LogP contribution in [0.4, 0.5) is 0 Å². The van der Waals surface area contributed by atoms with Crippen LogP contribution in [0.2, 0.25) is 0 Å². The monoisotopic (exact) mass is 329 g/mol. The SMILES string of the molecule is C=CCCN(CCc1ccccc1)C(=O)C(=C)CCCC(=O)OC. The van der Waals surface area contributed by atoms with Gasteiger partial charge in [0.15, 0.2) is 0 Å². The Morgan fingerprint density at radius 1 is 1.17 bits per heavy atom. The van der Waals surface area contributed by atoms with Crippen LogP contribution in [0, 0.1) is 0 Å². The molecule has 0 aromatic heterocycles. The highest BCUT2D eigenvalue weighted by Gasteiger charge is 2.16. The van der Waals surface area contributed by atoms with Crippen LogP contribution in [0.25, 0.3) is 0 Å². The molecule has 0 radical (unpaired) electrons. The molecule has 0 bridgehead atoms. The number of methoxy groups -OCH3 is 1. The highest BCUT2D eigenvalue weighted by atomic mass is 16.5. The van der Waals surface area contributed by atoms with E-state index in [4.69, 9.17) is 0 Å². The fourth-order valence-electron chi connectivity index (χ4n) is 2.35. The van der Waals surface area contributed by atoms with Gasteiger partial charge >= 0.3 is 5.97 Å². The van der Waals surface area contributed by atoms with Gasteiger partial charge in [-0.3, -0.25) is 9.59 Å². The number of rotatable bonds is 11. The average Bonchev–Trinajstić information content (AvgIpc) is 2.61. The van der Waals surface area contributed by atoms with Crippen molar-refractivity contribution in [3.05, 3.63) is 60.7 Å². The van der Waals surface area contributed by atoms with Crippen LogP contribution in [0.1, 0.15) is 31.2 Å². The van der Waals surface area contributed by atoms with E-state index in [0.717, 1.165) is 12.8 Å². The zero-order valence-corrected chi connectivity index (χ0v) is 14.5. The number of carbonyl (C=O) groups excluding carboxylic acids is 2. The lowest BCUT2D eigenvalue weighted by Crippen LogP contribution is -2.34. The van der Waals surface area contributed by atoms with Crippen molar-refractivity contribution < 1.29 is 14.3 Å². The minimum Gasteiger partial charge on any atom is -0.469 e. The van der Waals surface area contributed by atoms with Gasteiger partial charge in [-0.1, -0.05) is 43.0 Å². The van der Waals surface area contributed by atoms with Crippen molar-refractivity contribution in [3.63, 3.8) is 0 Å². The lowest BCUT2D eigenvalue weighted by molar-refractivity contribution is -0.140. The third-order valence-electron chi connectivity index (χ3n) is 3.79. The Morgan fingerprint density at radius 2 is 1.88 bits per heavy atom. The lowest BCUT2D eigenvalue weighted by atomic mass is 10.1. The van der Waals surface area contributed by atoms with Crippen LogP contribution >= 0.6 is 0 Å². The molecular formula is C20H27NO3. The van der Waals surface area contributed by atoms with Crippen molar-refractivity contribution in [3.8, 4) is 0 Å². The fraction of sp³-hybridized carbons (Fsp3) is 0.400. The maximum absolute atomic E-state index is 12.6. The summed E-state index contributed by atoms with van der Waals surface area (Å²) >= 11 is 0. The second kappa shape index (κ2) is 11.2. The summed E-state index contributed by atoms with van der Waals surface area (Å²) in [5.74, 6) is -0.305. The Kier molecular flexibility index (Phi) is 9.20. The molecular weight excluding hydrogens is 302 g/mol. The van der Waals surface area contributed by atoms with Crippen molar-refractivity contribution >= 4 is 11.9 Å².